The average molecular weight is 333 g/mol. The highest BCUT2D eigenvalue weighted by molar-refractivity contribution is 4.79. The van der Waals surface area contributed by atoms with Crippen molar-refractivity contribution in [3.8, 4) is 0 Å². The van der Waals surface area contributed by atoms with E-state index in [0.29, 0.717) is 0 Å². The Bertz CT molecular complexity index is 555. The van der Waals surface area contributed by atoms with Crippen molar-refractivity contribution in [2.75, 3.05) is 0 Å². The second-order valence-corrected chi connectivity index (χ2v) is 7.13. The normalized spacial score (nSPS) is 11.3. The van der Waals surface area contributed by atoms with Crippen molar-refractivity contribution in [3.63, 3.8) is 0 Å². The van der Waals surface area contributed by atoms with Crippen LogP contribution in [0.15, 0.2) is 24.8 Å². The van der Waals surface area contributed by atoms with Gasteiger partial charge in [-0.3, -0.25) is 0 Å². The number of nitrogens with zero attached hydrogens (tertiary/aromatic N) is 4. The third-order valence-corrected chi connectivity index (χ3v) is 5.34. The Kier molecular flexibility index (Phi) is 7.54. The molecule has 2 aromatic rings. The standard InChI is InChI=1S/C20H36N4/c1-19-21(3)15-17-23(19)13-11-9-7-5-6-8-10-12-14-24-18-16-22(4)20(24)2/h15-18H,5-14H2,1-4H3/q+2. The van der Waals surface area contributed by atoms with E-state index in [2.05, 4.69) is 71.0 Å². The predicted molar refractivity (Wildman–Crippen MR) is 97.6 cm³/mol. The number of imidazole rings is 2. The van der Waals surface area contributed by atoms with Gasteiger partial charge in [0, 0.05) is 13.8 Å². The Balaban J connectivity index is 1.43. The molecule has 0 amide bonds. The zero-order chi connectivity index (χ0) is 17.4. The van der Waals surface area contributed by atoms with E-state index in [4.69, 9.17) is 0 Å². The van der Waals surface area contributed by atoms with Gasteiger partial charge in [-0.15, -0.1) is 0 Å². The van der Waals surface area contributed by atoms with Crippen molar-refractivity contribution in [2.24, 2.45) is 14.1 Å². The van der Waals surface area contributed by atoms with Crippen LogP contribution in [0.25, 0.3) is 0 Å². The first kappa shape index (κ1) is 18.8. The quantitative estimate of drug-likeness (QED) is 0.443. The molecule has 4 nitrogen and oxygen atoms in total. The number of hydrogen-bond acceptors (Lipinski definition) is 0. The molecule has 0 unspecified atom stereocenters. The van der Waals surface area contributed by atoms with Gasteiger partial charge in [0.2, 0.25) is 0 Å². The molecule has 0 radical (unpaired) electrons. The minimum absolute atomic E-state index is 1.17. The van der Waals surface area contributed by atoms with E-state index in [1.54, 1.807) is 0 Å². The van der Waals surface area contributed by atoms with E-state index in [1.807, 2.05) is 0 Å². The van der Waals surface area contributed by atoms with Crippen LogP contribution in [0.2, 0.25) is 0 Å². The Morgan fingerprint density at radius 3 is 1.25 bits per heavy atom. The predicted octanol–water partition coefficient (Wildman–Crippen LogP) is 3.38. The number of aryl methyl sites for hydroxylation is 4. The molecule has 134 valence electrons. The van der Waals surface area contributed by atoms with E-state index >= 15 is 0 Å². The van der Waals surface area contributed by atoms with Crippen LogP contribution < -0.4 is 9.13 Å². The molecule has 4 heteroatoms. The highest BCUT2D eigenvalue weighted by Crippen LogP contribution is 2.10. The van der Waals surface area contributed by atoms with E-state index in [-0.39, 0.29) is 0 Å². The SMILES string of the molecule is Cc1n(CCCCCCCCCCn2cc[n+](C)c2C)cc[n+]1C. The molecular formula is C20H36N4+2. The molecule has 0 aliphatic carbocycles. The Labute approximate surface area is 147 Å². The summed E-state index contributed by atoms with van der Waals surface area (Å²) in [7, 11) is 4.23. The van der Waals surface area contributed by atoms with Crippen LogP contribution in [0, 0.1) is 13.8 Å². The molecule has 0 N–H and O–H groups in total. The maximum atomic E-state index is 2.36. The summed E-state index contributed by atoms with van der Waals surface area (Å²) in [6.07, 6.45) is 19.6. The molecule has 24 heavy (non-hydrogen) atoms. The number of hydrogen-bond donors (Lipinski definition) is 0. The molecule has 2 rings (SSSR count). The summed E-state index contributed by atoms with van der Waals surface area (Å²) in [5.74, 6) is 2.70. The Morgan fingerprint density at radius 1 is 0.625 bits per heavy atom. The molecule has 2 aromatic heterocycles. The van der Waals surface area contributed by atoms with Crippen LogP contribution in [0.4, 0.5) is 0 Å². The summed E-state index contributed by atoms with van der Waals surface area (Å²) in [6.45, 7) is 6.71. The molecule has 0 aliphatic rings. The second-order valence-electron chi connectivity index (χ2n) is 7.13. The van der Waals surface area contributed by atoms with Gasteiger partial charge in [-0.25, -0.2) is 18.3 Å². The summed E-state index contributed by atoms with van der Waals surface area (Å²) in [5.41, 5.74) is 0. The first-order valence-electron chi connectivity index (χ1n) is 9.62. The van der Waals surface area contributed by atoms with Crippen LogP contribution in [-0.4, -0.2) is 9.13 Å². The first-order valence-corrected chi connectivity index (χ1v) is 9.62. The van der Waals surface area contributed by atoms with Gasteiger partial charge in [0.25, 0.3) is 11.6 Å². The topological polar surface area (TPSA) is 17.6 Å². The van der Waals surface area contributed by atoms with Crippen LogP contribution in [0.1, 0.15) is 63.0 Å². The summed E-state index contributed by atoms with van der Waals surface area (Å²) >= 11 is 0. The van der Waals surface area contributed by atoms with Crippen LogP contribution in [-0.2, 0) is 27.2 Å². The van der Waals surface area contributed by atoms with Gasteiger partial charge in [-0.05, 0) is 25.7 Å². The Morgan fingerprint density at radius 2 is 0.958 bits per heavy atom. The lowest BCUT2D eigenvalue weighted by molar-refractivity contribution is -0.677. The number of rotatable bonds is 11. The van der Waals surface area contributed by atoms with Crippen molar-refractivity contribution in [1.82, 2.24) is 9.13 Å². The lowest BCUT2D eigenvalue weighted by Gasteiger charge is -2.03. The Hall–Kier alpha value is -1.58. The number of aromatic nitrogens is 4. The van der Waals surface area contributed by atoms with E-state index in [1.165, 1.54) is 76.1 Å². The molecule has 2 heterocycles. The second kappa shape index (κ2) is 9.65. The highest BCUT2D eigenvalue weighted by atomic mass is 15.1. The fourth-order valence-corrected chi connectivity index (χ4v) is 3.30. The molecule has 0 saturated carbocycles. The van der Waals surface area contributed by atoms with Crippen molar-refractivity contribution in [1.29, 1.82) is 0 Å². The van der Waals surface area contributed by atoms with E-state index in [9.17, 15) is 0 Å². The minimum atomic E-state index is 1.17. The van der Waals surface area contributed by atoms with Crippen LogP contribution in [0.3, 0.4) is 0 Å². The smallest absolute Gasteiger partial charge is 0.237 e. The molecule has 0 fully saturated rings. The zero-order valence-corrected chi connectivity index (χ0v) is 16.2. The van der Waals surface area contributed by atoms with Gasteiger partial charge in [0.05, 0.1) is 27.2 Å². The highest BCUT2D eigenvalue weighted by Gasteiger charge is 2.08. The van der Waals surface area contributed by atoms with Gasteiger partial charge in [-0.1, -0.05) is 25.7 Å². The summed E-state index contributed by atoms with van der Waals surface area (Å²) in [5, 5.41) is 0. The van der Waals surface area contributed by atoms with Crippen molar-refractivity contribution >= 4 is 0 Å². The van der Waals surface area contributed by atoms with Gasteiger partial charge in [0.15, 0.2) is 0 Å². The van der Waals surface area contributed by atoms with Gasteiger partial charge in [-0.2, -0.15) is 0 Å². The van der Waals surface area contributed by atoms with E-state index in [0.717, 1.165) is 0 Å². The van der Waals surface area contributed by atoms with Crippen molar-refractivity contribution in [2.45, 2.75) is 78.3 Å². The number of unbranched alkanes of at least 4 members (excludes halogenated alkanes) is 7. The average Bonchev–Trinajstić information content (AvgIpc) is 3.06. The maximum absolute atomic E-state index is 2.36. The third kappa shape index (κ3) is 5.50. The molecule has 0 atom stereocenters. The molecule has 0 bridgehead atoms. The summed E-state index contributed by atoms with van der Waals surface area (Å²) < 4.78 is 9.11. The molecular weight excluding hydrogens is 296 g/mol. The third-order valence-electron chi connectivity index (χ3n) is 5.34. The van der Waals surface area contributed by atoms with Gasteiger partial charge in [0.1, 0.15) is 24.8 Å². The fraction of sp³-hybridized carbons (Fsp3) is 0.700. The van der Waals surface area contributed by atoms with Crippen molar-refractivity contribution < 1.29 is 9.13 Å². The zero-order valence-electron chi connectivity index (χ0n) is 16.2. The lowest BCUT2D eigenvalue weighted by atomic mass is 10.1. The van der Waals surface area contributed by atoms with Crippen molar-refractivity contribution in [3.05, 3.63) is 36.4 Å². The summed E-state index contributed by atoms with van der Waals surface area (Å²) in [6, 6.07) is 0. The van der Waals surface area contributed by atoms with Crippen LogP contribution in [0.5, 0.6) is 0 Å². The van der Waals surface area contributed by atoms with E-state index < -0.39 is 0 Å². The monoisotopic (exact) mass is 332 g/mol. The molecule has 0 aromatic carbocycles. The first-order chi connectivity index (χ1) is 11.6. The van der Waals surface area contributed by atoms with Gasteiger partial charge >= 0.3 is 0 Å². The molecule has 0 aliphatic heterocycles. The molecule has 0 spiro atoms. The lowest BCUT2D eigenvalue weighted by Crippen LogP contribution is -2.29. The minimum Gasteiger partial charge on any atom is -0.237 e. The fourth-order valence-electron chi connectivity index (χ4n) is 3.30. The summed E-state index contributed by atoms with van der Waals surface area (Å²) in [4.78, 5) is 0. The van der Waals surface area contributed by atoms with Gasteiger partial charge < -0.3 is 0 Å². The van der Waals surface area contributed by atoms with Crippen LogP contribution >= 0.6 is 0 Å². The maximum Gasteiger partial charge on any atom is 0.253 e. The molecule has 0 saturated heterocycles. The largest absolute Gasteiger partial charge is 0.253 e.